The number of rotatable bonds is 7. The number of nitrogen functional groups attached to an aromatic ring is 1. The fraction of sp³-hybridized carbons (Fsp3) is 0.333. The number of aromatic amines is 1. The maximum atomic E-state index is 12.1. The lowest BCUT2D eigenvalue weighted by Crippen LogP contribution is -2.27. The fourth-order valence-electron chi connectivity index (χ4n) is 1.84. The molecule has 116 valence electrons. The van der Waals surface area contributed by atoms with Crippen LogP contribution in [0.1, 0.15) is 0 Å². The van der Waals surface area contributed by atoms with Gasteiger partial charge in [0.1, 0.15) is 11.5 Å². The number of H-pyrrole nitrogens is 1. The molecule has 0 aliphatic heterocycles. The second-order valence-corrected chi connectivity index (χ2v) is 6.06. The van der Waals surface area contributed by atoms with Crippen LogP contribution in [-0.4, -0.2) is 39.6 Å². The summed E-state index contributed by atoms with van der Waals surface area (Å²) in [6, 6.07) is 4.82. The molecule has 21 heavy (non-hydrogen) atoms. The first-order valence-corrected chi connectivity index (χ1v) is 7.60. The predicted octanol–water partition coefficient (Wildman–Crippen LogP) is 1.31. The molecule has 0 aliphatic carbocycles. The van der Waals surface area contributed by atoms with Gasteiger partial charge in [-0.25, -0.2) is 21.9 Å². The highest BCUT2D eigenvalue weighted by molar-refractivity contribution is 7.89. The Bertz CT molecular complexity index is 716. The number of nitrogens with two attached hydrogens (primary N) is 1. The van der Waals surface area contributed by atoms with E-state index in [4.69, 9.17) is 5.73 Å². The lowest BCUT2D eigenvalue weighted by molar-refractivity contribution is 0.0199. The van der Waals surface area contributed by atoms with E-state index >= 15 is 0 Å². The summed E-state index contributed by atoms with van der Waals surface area (Å²) in [6.45, 7) is -0.927. The largest absolute Gasteiger partial charge is 0.399 e. The van der Waals surface area contributed by atoms with Crippen molar-refractivity contribution < 1.29 is 21.9 Å². The number of hydrogen-bond acceptors (Lipinski definition) is 4. The average Bonchev–Trinajstić information content (AvgIpc) is 2.81. The first kappa shape index (κ1) is 15.7. The van der Waals surface area contributed by atoms with E-state index in [0.717, 1.165) is 0 Å². The number of benzene rings is 1. The molecule has 2 aromatic rings. The minimum Gasteiger partial charge on any atom is -0.399 e. The summed E-state index contributed by atoms with van der Waals surface area (Å²) >= 11 is 0. The Kier molecular flexibility index (Phi) is 4.76. The number of fused-ring (bicyclic) bond motifs is 1. The van der Waals surface area contributed by atoms with Crippen LogP contribution in [0.15, 0.2) is 29.3 Å². The summed E-state index contributed by atoms with van der Waals surface area (Å²) in [5.74, 6) is 0. The van der Waals surface area contributed by atoms with Gasteiger partial charge < -0.3 is 15.5 Å². The number of anilines is 1. The molecule has 0 bridgehead atoms. The van der Waals surface area contributed by atoms with E-state index in [9.17, 15) is 17.2 Å². The molecule has 0 amide bonds. The number of alkyl halides is 2. The highest BCUT2D eigenvalue weighted by Crippen LogP contribution is 2.24. The number of nitrogens with one attached hydrogen (secondary N) is 2. The van der Waals surface area contributed by atoms with Gasteiger partial charge in [0.25, 0.3) is 6.43 Å². The van der Waals surface area contributed by atoms with Crippen molar-refractivity contribution >= 4 is 26.6 Å². The van der Waals surface area contributed by atoms with Crippen LogP contribution in [0.3, 0.4) is 0 Å². The van der Waals surface area contributed by atoms with E-state index in [0.29, 0.717) is 16.6 Å². The molecule has 1 aromatic heterocycles. The van der Waals surface area contributed by atoms with Crippen LogP contribution in [0.4, 0.5) is 14.5 Å². The second-order valence-electron chi connectivity index (χ2n) is 4.32. The molecule has 0 aliphatic rings. The Morgan fingerprint density at radius 1 is 1.38 bits per heavy atom. The van der Waals surface area contributed by atoms with Crippen molar-refractivity contribution in [3.63, 3.8) is 0 Å². The number of aromatic nitrogens is 1. The van der Waals surface area contributed by atoms with Crippen LogP contribution in [0.5, 0.6) is 0 Å². The summed E-state index contributed by atoms with van der Waals surface area (Å²) in [7, 11) is -3.75. The van der Waals surface area contributed by atoms with Crippen molar-refractivity contribution in [1.82, 2.24) is 9.71 Å². The van der Waals surface area contributed by atoms with Crippen molar-refractivity contribution in [1.29, 1.82) is 0 Å². The van der Waals surface area contributed by atoms with Crippen molar-refractivity contribution in [3.8, 4) is 0 Å². The zero-order chi connectivity index (χ0) is 15.5. The quantitative estimate of drug-likeness (QED) is 0.529. The summed E-state index contributed by atoms with van der Waals surface area (Å²) in [5.41, 5.74) is 6.73. The number of hydrogen-bond donors (Lipinski definition) is 3. The van der Waals surface area contributed by atoms with Gasteiger partial charge in [-0.2, -0.15) is 0 Å². The monoisotopic (exact) mass is 319 g/mol. The van der Waals surface area contributed by atoms with Crippen LogP contribution < -0.4 is 10.5 Å². The zero-order valence-corrected chi connectivity index (χ0v) is 11.8. The average molecular weight is 319 g/mol. The van der Waals surface area contributed by atoms with E-state index in [1.165, 1.54) is 6.20 Å². The molecule has 1 heterocycles. The molecule has 9 heteroatoms. The Hall–Kier alpha value is -1.71. The van der Waals surface area contributed by atoms with Crippen molar-refractivity contribution in [2.45, 2.75) is 11.3 Å². The topological polar surface area (TPSA) is 97.2 Å². The van der Waals surface area contributed by atoms with E-state index in [1.807, 2.05) is 0 Å². The zero-order valence-electron chi connectivity index (χ0n) is 11.0. The number of ether oxygens (including phenoxy) is 1. The number of sulfonamides is 1. The SMILES string of the molecule is Nc1ccc2c(S(=O)(=O)NCCOCC(F)F)c[nH]c2c1. The highest BCUT2D eigenvalue weighted by atomic mass is 32.2. The molecular formula is C12H15F2N3O3S. The third-order valence-electron chi connectivity index (χ3n) is 2.74. The maximum absolute atomic E-state index is 12.1. The second kappa shape index (κ2) is 6.37. The summed E-state index contributed by atoms with van der Waals surface area (Å²) in [6.07, 6.45) is -1.22. The van der Waals surface area contributed by atoms with Crippen molar-refractivity contribution in [3.05, 3.63) is 24.4 Å². The number of halogens is 2. The van der Waals surface area contributed by atoms with Gasteiger partial charge in [-0.15, -0.1) is 0 Å². The Morgan fingerprint density at radius 2 is 2.14 bits per heavy atom. The molecule has 1 aromatic carbocycles. The summed E-state index contributed by atoms with van der Waals surface area (Å²) in [5, 5.41) is 0.505. The van der Waals surface area contributed by atoms with Crippen LogP contribution in [0.25, 0.3) is 10.9 Å². The first-order chi connectivity index (χ1) is 9.90. The van der Waals surface area contributed by atoms with Gasteiger partial charge in [0.2, 0.25) is 10.0 Å². The third kappa shape index (κ3) is 3.90. The van der Waals surface area contributed by atoms with E-state index < -0.39 is 23.1 Å². The fourth-order valence-corrected chi connectivity index (χ4v) is 3.03. The molecule has 6 nitrogen and oxygen atoms in total. The Labute approximate surface area is 120 Å². The predicted molar refractivity (Wildman–Crippen MR) is 74.7 cm³/mol. The highest BCUT2D eigenvalue weighted by Gasteiger charge is 2.18. The van der Waals surface area contributed by atoms with E-state index in [2.05, 4.69) is 14.4 Å². The van der Waals surface area contributed by atoms with Gasteiger partial charge in [-0.05, 0) is 18.2 Å². The van der Waals surface area contributed by atoms with Crippen LogP contribution in [-0.2, 0) is 14.8 Å². The minimum absolute atomic E-state index is 0.0753. The molecule has 0 fully saturated rings. The van der Waals surface area contributed by atoms with Gasteiger partial charge >= 0.3 is 0 Å². The van der Waals surface area contributed by atoms with Gasteiger partial charge in [-0.1, -0.05) is 0 Å². The van der Waals surface area contributed by atoms with Crippen LogP contribution in [0.2, 0.25) is 0 Å². The normalized spacial score (nSPS) is 12.3. The Morgan fingerprint density at radius 3 is 2.86 bits per heavy atom. The van der Waals surface area contributed by atoms with Gasteiger partial charge in [0, 0.05) is 29.3 Å². The van der Waals surface area contributed by atoms with Gasteiger partial charge in [0.05, 0.1) is 6.61 Å². The summed E-state index contributed by atoms with van der Waals surface area (Å²) < 4.78 is 54.8. The minimum atomic E-state index is -3.75. The first-order valence-electron chi connectivity index (χ1n) is 6.12. The standard InChI is InChI=1S/C12H15F2N3O3S/c13-12(14)7-20-4-3-17-21(18,19)11-6-16-10-5-8(15)1-2-9(10)11/h1-2,5-6,12,16-17H,3-4,7,15H2. The lowest BCUT2D eigenvalue weighted by Gasteiger charge is -2.06. The molecule has 0 radical (unpaired) electrons. The summed E-state index contributed by atoms with van der Waals surface area (Å²) in [4.78, 5) is 2.90. The molecule has 0 saturated heterocycles. The molecule has 0 unspecified atom stereocenters. The van der Waals surface area contributed by atoms with Gasteiger partial charge in [0.15, 0.2) is 0 Å². The smallest absolute Gasteiger partial charge is 0.261 e. The third-order valence-corrected chi connectivity index (χ3v) is 4.24. The maximum Gasteiger partial charge on any atom is 0.261 e. The molecule has 0 saturated carbocycles. The van der Waals surface area contributed by atoms with Crippen molar-refractivity contribution in [2.24, 2.45) is 0 Å². The molecule has 0 atom stereocenters. The van der Waals surface area contributed by atoms with Gasteiger partial charge in [-0.3, -0.25) is 0 Å². The van der Waals surface area contributed by atoms with Crippen LogP contribution >= 0.6 is 0 Å². The molecular weight excluding hydrogens is 304 g/mol. The van der Waals surface area contributed by atoms with Crippen molar-refractivity contribution in [2.75, 3.05) is 25.5 Å². The van der Waals surface area contributed by atoms with Crippen LogP contribution in [0, 0.1) is 0 Å². The molecule has 0 spiro atoms. The Balaban J connectivity index is 2.04. The van der Waals surface area contributed by atoms with E-state index in [1.54, 1.807) is 18.2 Å². The molecule has 4 N–H and O–H groups in total. The molecule has 2 rings (SSSR count). The van der Waals surface area contributed by atoms with E-state index in [-0.39, 0.29) is 18.0 Å². The lowest BCUT2D eigenvalue weighted by atomic mass is 10.2.